The smallest absolute Gasteiger partial charge is 0.265 e. The number of carbonyl (C=O) groups is 1. The van der Waals surface area contributed by atoms with E-state index >= 15 is 0 Å². The molecule has 1 atom stereocenters. The van der Waals surface area contributed by atoms with Crippen molar-refractivity contribution in [2.75, 3.05) is 5.32 Å². The maximum atomic E-state index is 13.1. The van der Waals surface area contributed by atoms with Gasteiger partial charge >= 0.3 is 0 Å². The predicted octanol–water partition coefficient (Wildman–Crippen LogP) is 7.61. The van der Waals surface area contributed by atoms with Crippen molar-refractivity contribution in [1.29, 1.82) is 0 Å². The number of rotatable bonds is 10. The number of benzene rings is 2. The second-order valence-electron chi connectivity index (χ2n) is 10.0. The minimum atomic E-state index is -0.727. The van der Waals surface area contributed by atoms with Gasteiger partial charge < -0.3 is 15.2 Å². The van der Waals surface area contributed by atoms with Gasteiger partial charge in [0.2, 0.25) is 0 Å². The van der Waals surface area contributed by atoms with E-state index in [1.165, 1.54) is 5.56 Å². The van der Waals surface area contributed by atoms with Crippen LogP contribution in [0.1, 0.15) is 84.4 Å². The molecule has 1 unspecified atom stereocenters. The lowest BCUT2D eigenvalue weighted by molar-refractivity contribution is -0.122. The molecule has 0 heterocycles. The number of isothiocyanates is 1. The fourth-order valence-corrected chi connectivity index (χ4v) is 3.72. The number of nitrogens with one attached hydrogen (secondary N) is 1. The predicted molar refractivity (Wildman–Crippen MR) is 144 cm³/mol. The molecule has 34 heavy (non-hydrogen) atoms. The van der Waals surface area contributed by atoms with E-state index in [9.17, 15) is 9.90 Å². The zero-order valence-corrected chi connectivity index (χ0v) is 22.5. The van der Waals surface area contributed by atoms with E-state index in [0.29, 0.717) is 17.9 Å². The first-order chi connectivity index (χ1) is 15.9. The lowest BCUT2D eigenvalue weighted by Crippen LogP contribution is -2.33. The van der Waals surface area contributed by atoms with Crippen LogP contribution >= 0.6 is 12.2 Å². The number of phenolic OH excluding ortho intramolecular Hbond substituents is 1. The molecular weight excluding hydrogens is 444 g/mol. The number of amides is 1. The van der Waals surface area contributed by atoms with E-state index in [1.54, 1.807) is 19.1 Å². The van der Waals surface area contributed by atoms with Crippen LogP contribution < -0.4 is 10.1 Å². The maximum Gasteiger partial charge on any atom is 0.265 e. The molecule has 2 rings (SSSR count). The van der Waals surface area contributed by atoms with Crippen molar-refractivity contribution in [2.45, 2.75) is 91.6 Å². The van der Waals surface area contributed by atoms with Crippen molar-refractivity contribution in [1.82, 2.24) is 0 Å². The summed E-state index contributed by atoms with van der Waals surface area (Å²) in [4.78, 5) is 17.1. The molecule has 1 amide bonds. The van der Waals surface area contributed by atoms with Gasteiger partial charge in [-0.15, -0.1) is 0 Å². The highest BCUT2D eigenvalue weighted by molar-refractivity contribution is 7.78. The topological polar surface area (TPSA) is 70.9 Å². The number of thiocarbonyl (C=S) groups is 1. The summed E-state index contributed by atoms with van der Waals surface area (Å²) < 4.78 is 6.31. The zero-order chi connectivity index (χ0) is 25.7. The third-order valence-electron chi connectivity index (χ3n) is 6.93. The molecule has 0 aliphatic rings. The first-order valence-electron chi connectivity index (χ1n) is 11.9. The molecule has 0 aliphatic heterocycles. The van der Waals surface area contributed by atoms with Crippen molar-refractivity contribution in [3.63, 3.8) is 0 Å². The Labute approximate surface area is 209 Å². The van der Waals surface area contributed by atoms with Gasteiger partial charge in [0, 0.05) is 5.56 Å². The van der Waals surface area contributed by atoms with E-state index in [2.05, 4.69) is 69.1 Å². The van der Waals surface area contributed by atoms with Crippen molar-refractivity contribution >= 4 is 34.7 Å². The van der Waals surface area contributed by atoms with Gasteiger partial charge in [0.05, 0.1) is 16.5 Å². The summed E-state index contributed by atoms with van der Waals surface area (Å²) >= 11 is 4.70. The molecule has 2 aromatic rings. The number of nitrogens with zero attached hydrogens (tertiary/aromatic N) is 1. The molecule has 0 saturated heterocycles. The number of hydrogen-bond donors (Lipinski definition) is 2. The monoisotopic (exact) mass is 482 g/mol. The number of aromatic hydroxyl groups is 1. The molecule has 0 aromatic heterocycles. The van der Waals surface area contributed by atoms with Gasteiger partial charge in [-0.05, 0) is 78.6 Å². The first kappa shape index (κ1) is 27.6. The summed E-state index contributed by atoms with van der Waals surface area (Å²) in [6, 6.07) is 9.44. The number of aliphatic imine (C=N–C) groups is 1. The molecule has 184 valence electrons. The third-order valence-corrected chi connectivity index (χ3v) is 7.02. The molecule has 2 N–H and O–H groups in total. The van der Waals surface area contributed by atoms with Gasteiger partial charge in [0.25, 0.3) is 5.91 Å². The van der Waals surface area contributed by atoms with Crippen molar-refractivity contribution < 1.29 is 14.6 Å². The number of aryl methyl sites for hydroxylation is 1. The molecule has 0 aliphatic carbocycles. The Hall–Kier alpha value is -2.69. The van der Waals surface area contributed by atoms with E-state index in [1.807, 2.05) is 13.0 Å². The Morgan fingerprint density at radius 2 is 1.76 bits per heavy atom. The zero-order valence-electron chi connectivity index (χ0n) is 21.7. The van der Waals surface area contributed by atoms with E-state index < -0.39 is 6.10 Å². The molecular formula is C28H38N2O3S. The Morgan fingerprint density at radius 1 is 1.12 bits per heavy atom. The highest BCUT2D eigenvalue weighted by Crippen LogP contribution is 2.39. The van der Waals surface area contributed by atoms with Crippen LogP contribution in [0.2, 0.25) is 0 Å². The Balaban J connectivity index is 2.40. The second-order valence-corrected chi connectivity index (χ2v) is 10.2. The molecule has 0 fully saturated rings. The van der Waals surface area contributed by atoms with Crippen molar-refractivity contribution in [2.24, 2.45) is 4.99 Å². The lowest BCUT2D eigenvalue weighted by Gasteiger charge is -2.31. The van der Waals surface area contributed by atoms with E-state index in [0.717, 1.165) is 24.0 Å². The van der Waals surface area contributed by atoms with Crippen molar-refractivity contribution in [3.8, 4) is 11.5 Å². The summed E-state index contributed by atoms with van der Waals surface area (Å²) in [7, 11) is 0. The van der Waals surface area contributed by atoms with Crippen molar-refractivity contribution in [3.05, 3.63) is 47.0 Å². The first-order valence-corrected chi connectivity index (χ1v) is 12.3. The van der Waals surface area contributed by atoms with E-state index in [-0.39, 0.29) is 28.2 Å². The lowest BCUT2D eigenvalue weighted by atomic mass is 9.76. The van der Waals surface area contributed by atoms with Gasteiger partial charge in [-0.2, -0.15) is 4.99 Å². The van der Waals surface area contributed by atoms with E-state index in [4.69, 9.17) is 17.0 Å². The minimum Gasteiger partial charge on any atom is -0.506 e. The van der Waals surface area contributed by atoms with Gasteiger partial charge in [0.1, 0.15) is 11.5 Å². The summed E-state index contributed by atoms with van der Waals surface area (Å²) in [6.45, 7) is 16.9. The Bertz CT molecular complexity index is 1090. The molecule has 0 radical (unpaired) electrons. The fourth-order valence-electron chi connectivity index (χ4n) is 3.62. The number of anilines is 1. The third kappa shape index (κ3) is 6.25. The highest BCUT2D eigenvalue weighted by atomic mass is 32.1. The van der Waals surface area contributed by atoms with Gasteiger partial charge in [-0.25, -0.2) is 0 Å². The number of hydrogen-bond acceptors (Lipinski definition) is 5. The van der Waals surface area contributed by atoms with Gasteiger partial charge in [-0.3, -0.25) is 4.79 Å². The summed E-state index contributed by atoms with van der Waals surface area (Å²) in [5.74, 6) is 0.337. The highest BCUT2D eigenvalue weighted by Gasteiger charge is 2.29. The van der Waals surface area contributed by atoms with Gasteiger partial charge in [-0.1, -0.05) is 60.6 Å². The second kappa shape index (κ2) is 11.2. The van der Waals surface area contributed by atoms with Crippen LogP contribution in [0.25, 0.3) is 0 Å². The largest absolute Gasteiger partial charge is 0.506 e. The normalized spacial score (nSPS) is 12.6. The molecule has 5 nitrogen and oxygen atoms in total. The Kier molecular flexibility index (Phi) is 9.04. The van der Waals surface area contributed by atoms with Gasteiger partial charge in [0.15, 0.2) is 6.10 Å². The van der Waals surface area contributed by atoms with Crippen LogP contribution in [0.3, 0.4) is 0 Å². The fraction of sp³-hybridized carbons (Fsp3) is 0.500. The minimum absolute atomic E-state index is 0.0389. The summed E-state index contributed by atoms with van der Waals surface area (Å²) in [5.41, 5.74) is 3.81. The quantitative estimate of drug-likeness (QED) is 0.208. The summed E-state index contributed by atoms with van der Waals surface area (Å²) in [5, 5.41) is 15.5. The summed E-state index contributed by atoms with van der Waals surface area (Å²) in [6.07, 6.45) is 1.70. The number of ether oxygens (including phenoxy) is 1. The van der Waals surface area contributed by atoms with Crippen LogP contribution in [0.4, 0.5) is 11.4 Å². The van der Waals surface area contributed by atoms with Crippen LogP contribution in [0.15, 0.2) is 35.3 Å². The number of carbonyl (C=O) groups excluding carboxylic acids is 1. The average Bonchev–Trinajstić information content (AvgIpc) is 2.80. The maximum absolute atomic E-state index is 13.1. The van der Waals surface area contributed by atoms with Crippen LogP contribution in [-0.4, -0.2) is 22.3 Å². The van der Waals surface area contributed by atoms with Crippen LogP contribution in [0.5, 0.6) is 11.5 Å². The molecule has 2 aromatic carbocycles. The molecule has 0 bridgehead atoms. The van der Waals surface area contributed by atoms with Crippen LogP contribution in [-0.2, 0) is 15.6 Å². The van der Waals surface area contributed by atoms with Crippen LogP contribution in [0, 0.1) is 6.92 Å². The SMILES string of the molecule is CCC(Oc1ccc(C(C)(C)CC)cc1C(C)(C)CC)C(=O)Nc1cc(N=C=S)c(C)cc1O. The Morgan fingerprint density at radius 3 is 2.32 bits per heavy atom. The molecule has 6 heteroatoms. The molecule has 0 spiro atoms. The molecule has 0 saturated carbocycles. The number of phenols is 1. The standard InChI is InChI=1S/C28H38N2O3S/c1-9-24(26(32)30-22-16-21(29-17-34)18(4)14-23(22)31)33-25-13-12-19(27(5,6)10-2)15-20(25)28(7,8)11-3/h12-16,24,31H,9-11H2,1-8H3,(H,30,32). The average molecular weight is 483 g/mol.